The zero-order chi connectivity index (χ0) is 12.4. The predicted octanol–water partition coefficient (Wildman–Crippen LogP) is 2.17. The van der Waals surface area contributed by atoms with Gasteiger partial charge in [0.25, 0.3) is 0 Å². The van der Waals surface area contributed by atoms with Gasteiger partial charge in [-0.1, -0.05) is 24.6 Å². The van der Waals surface area contributed by atoms with Crippen LogP contribution in [-0.4, -0.2) is 25.4 Å². The van der Waals surface area contributed by atoms with Crippen molar-refractivity contribution in [3.05, 3.63) is 30.3 Å². The molecule has 0 unspecified atom stereocenters. The topological polar surface area (TPSA) is 46.7 Å². The molecule has 0 N–H and O–H groups in total. The normalized spacial score (nSPS) is 41.4. The van der Waals surface area contributed by atoms with Gasteiger partial charge >= 0.3 is 0 Å². The number of benzene rings is 1. The smallest absolute Gasteiger partial charge is 0.187 e. The van der Waals surface area contributed by atoms with Crippen molar-refractivity contribution in [2.75, 3.05) is 0 Å². The van der Waals surface area contributed by atoms with E-state index in [4.69, 9.17) is 4.74 Å². The van der Waals surface area contributed by atoms with Crippen LogP contribution >= 0.6 is 0 Å². The molecule has 2 aliphatic carbocycles. The molecule has 3 fully saturated rings. The average Bonchev–Trinajstić information content (AvgIpc) is 3.21. The van der Waals surface area contributed by atoms with Crippen molar-refractivity contribution in [3.63, 3.8) is 0 Å². The summed E-state index contributed by atoms with van der Waals surface area (Å²) in [5, 5.41) is 0. The molecule has 1 aromatic carbocycles. The zero-order valence-electron chi connectivity index (χ0n) is 10.1. The minimum Gasteiger partial charge on any atom is -0.368 e. The second-order valence-corrected chi connectivity index (χ2v) is 7.94. The SMILES string of the molecule is O=S(=O)(c1ccccc1)[C@@]12C[C@@H]1CCC[C@H]1O[C@H]12. The molecule has 2 saturated carbocycles. The van der Waals surface area contributed by atoms with Crippen LogP contribution < -0.4 is 0 Å². The summed E-state index contributed by atoms with van der Waals surface area (Å²) in [6.45, 7) is 0. The van der Waals surface area contributed by atoms with Gasteiger partial charge in [0.05, 0.1) is 11.0 Å². The Kier molecular flexibility index (Phi) is 2.06. The molecular weight excluding hydrogens is 248 g/mol. The van der Waals surface area contributed by atoms with Crippen LogP contribution in [0.1, 0.15) is 25.7 Å². The summed E-state index contributed by atoms with van der Waals surface area (Å²) in [5.74, 6) is 0.320. The van der Waals surface area contributed by atoms with Crippen LogP contribution in [0.25, 0.3) is 0 Å². The van der Waals surface area contributed by atoms with Crippen LogP contribution in [0.5, 0.6) is 0 Å². The van der Waals surface area contributed by atoms with Gasteiger partial charge in [0.1, 0.15) is 10.9 Å². The maximum atomic E-state index is 12.9. The van der Waals surface area contributed by atoms with Crippen LogP contribution in [0.3, 0.4) is 0 Å². The summed E-state index contributed by atoms with van der Waals surface area (Å²) >= 11 is 0. The second-order valence-electron chi connectivity index (χ2n) is 5.70. The molecule has 4 heteroatoms. The maximum Gasteiger partial charge on any atom is 0.187 e. The van der Waals surface area contributed by atoms with E-state index in [0.717, 1.165) is 25.7 Å². The highest BCUT2D eigenvalue weighted by Gasteiger charge is 2.75. The molecule has 0 spiro atoms. The van der Waals surface area contributed by atoms with Crippen molar-refractivity contribution < 1.29 is 13.2 Å². The lowest BCUT2D eigenvalue weighted by atomic mass is 10.2. The third-order valence-corrected chi connectivity index (χ3v) is 7.38. The van der Waals surface area contributed by atoms with Gasteiger partial charge in [-0.3, -0.25) is 0 Å². The second kappa shape index (κ2) is 3.36. The summed E-state index contributed by atoms with van der Waals surface area (Å²) in [4.78, 5) is 0.462. The van der Waals surface area contributed by atoms with Crippen molar-refractivity contribution in [2.24, 2.45) is 5.92 Å². The molecule has 3 nitrogen and oxygen atoms in total. The predicted molar refractivity (Wildman–Crippen MR) is 67.0 cm³/mol. The Hall–Kier alpha value is -0.870. The molecule has 0 radical (unpaired) electrons. The molecule has 1 aromatic rings. The number of epoxide rings is 1. The van der Waals surface area contributed by atoms with Gasteiger partial charge < -0.3 is 4.74 Å². The molecule has 0 aromatic heterocycles. The van der Waals surface area contributed by atoms with Crippen molar-refractivity contribution >= 4 is 9.84 Å². The van der Waals surface area contributed by atoms with Crippen LogP contribution in [0.2, 0.25) is 0 Å². The number of hydrogen-bond donors (Lipinski definition) is 0. The minimum absolute atomic E-state index is 0.0322. The molecule has 4 rings (SSSR count). The number of fused-ring (bicyclic) bond motifs is 3. The monoisotopic (exact) mass is 264 g/mol. The average molecular weight is 264 g/mol. The largest absolute Gasteiger partial charge is 0.368 e. The summed E-state index contributed by atoms with van der Waals surface area (Å²) in [7, 11) is -3.24. The quantitative estimate of drug-likeness (QED) is 0.769. The van der Waals surface area contributed by atoms with Crippen molar-refractivity contribution in [3.8, 4) is 0 Å². The molecule has 3 aliphatic rings. The van der Waals surface area contributed by atoms with E-state index < -0.39 is 14.6 Å². The third-order valence-electron chi connectivity index (χ3n) is 4.76. The standard InChI is InChI=1S/C14H16O3S/c15-18(16,11-6-2-1-3-7-11)14-9-10(14)5-4-8-12-13(14)17-12/h1-3,6-7,10,12-13H,4-5,8-9H2/t10-,12+,13+,14-/m0/s1. The van der Waals surface area contributed by atoms with Gasteiger partial charge in [-0.05, 0) is 37.3 Å². The summed E-state index contributed by atoms with van der Waals surface area (Å²) in [6.07, 6.45) is 4.16. The highest BCUT2D eigenvalue weighted by atomic mass is 32.2. The van der Waals surface area contributed by atoms with Crippen LogP contribution in [0.15, 0.2) is 35.2 Å². The molecule has 1 aliphatic heterocycles. The highest BCUT2D eigenvalue weighted by Crippen LogP contribution is 2.64. The van der Waals surface area contributed by atoms with E-state index >= 15 is 0 Å². The molecule has 0 bridgehead atoms. The fourth-order valence-corrected chi connectivity index (χ4v) is 6.12. The summed E-state index contributed by atoms with van der Waals surface area (Å²) < 4.78 is 30.8. The van der Waals surface area contributed by atoms with E-state index in [9.17, 15) is 8.42 Å². The van der Waals surface area contributed by atoms with Gasteiger partial charge in [0.2, 0.25) is 0 Å². The molecule has 0 amide bonds. The lowest BCUT2D eigenvalue weighted by Crippen LogP contribution is -2.32. The first-order chi connectivity index (χ1) is 8.66. The fraction of sp³-hybridized carbons (Fsp3) is 0.571. The number of ether oxygens (including phenoxy) is 1. The van der Waals surface area contributed by atoms with E-state index in [1.807, 2.05) is 6.07 Å². The van der Waals surface area contributed by atoms with Gasteiger partial charge in [0, 0.05) is 0 Å². The van der Waals surface area contributed by atoms with E-state index in [-0.39, 0.29) is 12.2 Å². The Balaban J connectivity index is 1.79. The van der Waals surface area contributed by atoms with E-state index in [1.165, 1.54) is 0 Å². The highest BCUT2D eigenvalue weighted by molar-refractivity contribution is 7.93. The molecule has 96 valence electrons. The van der Waals surface area contributed by atoms with E-state index in [1.54, 1.807) is 24.3 Å². The first kappa shape index (κ1) is 11.0. The summed E-state index contributed by atoms with van der Waals surface area (Å²) in [5.41, 5.74) is 0. The Morgan fingerprint density at radius 1 is 1.17 bits per heavy atom. The first-order valence-electron chi connectivity index (χ1n) is 6.61. The lowest BCUT2D eigenvalue weighted by molar-refractivity contribution is 0.331. The number of rotatable bonds is 2. The Bertz CT molecular complexity index is 580. The van der Waals surface area contributed by atoms with Crippen molar-refractivity contribution in [1.82, 2.24) is 0 Å². The molecule has 1 saturated heterocycles. The number of hydrogen-bond acceptors (Lipinski definition) is 3. The van der Waals surface area contributed by atoms with Crippen LogP contribution in [0.4, 0.5) is 0 Å². The minimum atomic E-state index is -3.24. The Morgan fingerprint density at radius 2 is 1.94 bits per heavy atom. The van der Waals surface area contributed by atoms with E-state index in [0.29, 0.717) is 10.8 Å². The van der Waals surface area contributed by atoms with E-state index in [2.05, 4.69) is 0 Å². The fourth-order valence-electron chi connectivity index (χ4n) is 3.68. The first-order valence-corrected chi connectivity index (χ1v) is 8.10. The van der Waals surface area contributed by atoms with Crippen molar-refractivity contribution in [1.29, 1.82) is 0 Å². The lowest BCUT2D eigenvalue weighted by Gasteiger charge is -2.15. The Labute approximate surface area is 107 Å². The third kappa shape index (κ3) is 1.25. The van der Waals surface area contributed by atoms with Gasteiger partial charge in [-0.2, -0.15) is 0 Å². The Morgan fingerprint density at radius 3 is 2.72 bits per heavy atom. The molecular formula is C14H16O3S. The molecule has 4 atom stereocenters. The van der Waals surface area contributed by atoms with Gasteiger partial charge in [0.15, 0.2) is 9.84 Å². The van der Waals surface area contributed by atoms with Crippen molar-refractivity contribution in [2.45, 2.75) is 47.5 Å². The number of sulfone groups is 1. The maximum absolute atomic E-state index is 12.9. The molecule has 1 heterocycles. The van der Waals surface area contributed by atoms with Gasteiger partial charge in [-0.25, -0.2) is 8.42 Å². The van der Waals surface area contributed by atoms with Crippen LogP contribution in [0, 0.1) is 5.92 Å². The molecule has 18 heavy (non-hydrogen) atoms. The summed E-state index contributed by atoms with van der Waals surface area (Å²) in [6, 6.07) is 8.86. The zero-order valence-corrected chi connectivity index (χ0v) is 10.9. The van der Waals surface area contributed by atoms with Gasteiger partial charge in [-0.15, -0.1) is 0 Å². The van der Waals surface area contributed by atoms with Crippen LogP contribution in [-0.2, 0) is 14.6 Å².